The van der Waals surface area contributed by atoms with Crippen molar-refractivity contribution in [2.45, 2.75) is 58.3 Å². The van der Waals surface area contributed by atoms with Gasteiger partial charge in [0.2, 0.25) is 0 Å². The van der Waals surface area contributed by atoms with E-state index in [1.807, 2.05) is 6.92 Å². The average Bonchev–Trinajstić information content (AvgIpc) is 3.07. The van der Waals surface area contributed by atoms with Crippen molar-refractivity contribution in [1.29, 1.82) is 0 Å². The van der Waals surface area contributed by atoms with Crippen molar-refractivity contribution in [1.82, 2.24) is 0 Å². The first-order chi connectivity index (χ1) is 11.9. The van der Waals surface area contributed by atoms with Gasteiger partial charge >= 0.3 is 0 Å². The summed E-state index contributed by atoms with van der Waals surface area (Å²) in [6.45, 7) is 7.24. The quantitative estimate of drug-likeness (QED) is 0.503. The fourth-order valence-electron chi connectivity index (χ4n) is 4.02. The van der Waals surface area contributed by atoms with E-state index in [0.717, 1.165) is 23.6 Å². The maximum atomic E-state index is 15.4. The minimum atomic E-state index is -3.59. The molecule has 0 N–H and O–H groups in total. The zero-order chi connectivity index (χ0) is 19.7. The lowest BCUT2D eigenvalue weighted by molar-refractivity contribution is -0.179. The van der Waals surface area contributed by atoms with Crippen LogP contribution in [0, 0.1) is 26.2 Å². The molecule has 0 aliphatic heterocycles. The van der Waals surface area contributed by atoms with E-state index in [2.05, 4.69) is 0 Å². The van der Waals surface area contributed by atoms with Crippen LogP contribution in [0.5, 0.6) is 5.06 Å². The van der Waals surface area contributed by atoms with E-state index in [0.29, 0.717) is 10.4 Å². The topological polar surface area (TPSA) is 9.23 Å². The Bertz CT molecular complexity index is 835. The normalized spacial score (nSPS) is 26.2. The first-order valence-corrected chi connectivity index (χ1v) is 9.96. The number of methoxy groups -OCH3 is 1. The Hall–Kier alpha value is -1.08. The molecule has 26 heavy (non-hydrogen) atoms. The molecule has 0 aromatic carbocycles. The van der Waals surface area contributed by atoms with Crippen molar-refractivity contribution < 1.29 is 22.3 Å². The van der Waals surface area contributed by atoms with Gasteiger partial charge in [-0.1, -0.05) is 0 Å². The molecule has 2 atom stereocenters. The summed E-state index contributed by atoms with van der Waals surface area (Å²) in [5.41, 5.74) is -1.98. The van der Waals surface area contributed by atoms with E-state index in [1.165, 1.54) is 29.8 Å². The Morgan fingerprint density at radius 2 is 1.31 bits per heavy atom. The molecule has 2 heterocycles. The Labute approximate surface area is 159 Å². The van der Waals surface area contributed by atoms with Crippen molar-refractivity contribution >= 4 is 22.7 Å². The lowest BCUT2D eigenvalue weighted by Crippen LogP contribution is -2.44. The molecule has 144 valence electrons. The van der Waals surface area contributed by atoms with E-state index in [-0.39, 0.29) is 10.6 Å². The Kier molecular flexibility index (Phi) is 4.51. The minimum absolute atomic E-state index is 0.179. The molecule has 1 aliphatic rings. The molecular formula is C19H22F4OS2. The van der Waals surface area contributed by atoms with Gasteiger partial charge in [0.25, 0.3) is 11.8 Å². The van der Waals surface area contributed by atoms with Crippen LogP contribution in [-0.4, -0.2) is 19.0 Å². The van der Waals surface area contributed by atoms with Gasteiger partial charge in [0.1, 0.15) is 0 Å². The summed E-state index contributed by atoms with van der Waals surface area (Å²) >= 11 is 2.57. The van der Waals surface area contributed by atoms with Gasteiger partial charge in [0.05, 0.1) is 24.4 Å². The number of ether oxygens (including phenoxy) is 1. The highest BCUT2D eigenvalue weighted by Crippen LogP contribution is 2.71. The summed E-state index contributed by atoms with van der Waals surface area (Å²) in [5, 5.41) is 0.287. The molecule has 2 aromatic heterocycles. The predicted octanol–water partition coefficient (Wildman–Crippen LogP) is 6.92. The highest BCUT2D eigenvalue weighted by Gasteiger charge is 2.78. The third kappa shape index (κ3) is 2.46. The molecule has 1 fully saturated rings. The number of hydrogen-bond acceptors (Lipinski definition) is 3. The van der Waals surface area contributed by atoms with Crippen LogP contribution in [0.3, 0.4) is 0 Å². The second-order valence-electron chi connectivity index (χ2n) is 7.50. The molecule has 3 rings (SSSR count). The average molecular weight is 407 g/mol. The number of hydrogen-bond donors (Lipinski definition) is 0. The van der Waals surface area contributed by atoms with Crippen molar-refractivity contribution in [3.8, 4) is 5.06 Å². The van der Waals surface area contributed by atoms with Crippen LogP contribution in [0.1, 0.15) is 51.4 Å². The molecule has 0 saturated heterocycles. The van der Waals surface area contributed by atoms with Crippen LogP contribution in [-0.2, 0) is 0 Å². The lowest BCUT2D eigenvalue weighted by Gasteiger charge is -2.33. The van der Waals surface area contributed by atoms with Crippen LogP contribution in [0.15, 0.2) is 12.1 Å². The summed E-state index contributed by atoms with van der Waals surface area (Å²) in [4.78, 5) is 2.27. The van der Waals surface area contributed by atoms with Gasteiger partial charge in [-0.25, -0.2) is 17.6 Å². The minimum Gasteiger partial charge on any atom is -0.487 e. The van der Waals surface area contributed by atoms with Gasteiger partial charge in [0.15, 0.2) is 5.06 Å². The highest BCUT2D eigenvalue weighted by atomic mass is 32.1. The van der Waals surface area contributed by atoms with E-state index in [9.17, 15) is 0 Å². The van der Waals surface area contributed by atoms with Gasteiger partial charge in [-0.15, -0.1) is 22.7 Å². The molecule has 0 spiro atoms. The molecule has 2 unspecified atom stereocenters. The zero-order valence-corrected chi connectivity index (χ0v) is 17.2. The van der Waals surface area contributed by atoms with E-state index in [1.54, 1.807) is 26.0 Å². The summed E-state index contributed by atoms with van der Waals surface area (Å²) in [6.07, 6.45) is 0. The van der Waals surface area contributed by atoms with Crippen molar-refractivity contribution in [3.63, 3.8) is 0 Å². The van der Waals surface area contributed by atoms with E-state index in [4.69, 9.17) is 4.74 Å². The number of rotatable bonds is 3. The molecule has 0 radical (unpaired) electrons. The first-order valence-electron chi connectivity index (χ1n) is 8.33. The van der Waals surface area contributed by atoms with Crippen LogP contribution >= 0.6 is 22.7 Å². The van der Waals surface area contributed by atoms with Gasteiger partial charge < -0.3 is 4.74 Å². The highest BCUT2D eigenvalue weighted by molar-refractivity contribution is 7.14. The second-order valence-corrected chi connectivity index (χ2v) is 10.2. The smallest absolute Gasteiger partial charge is 0.266 e. The van der Waals surface area contributed by atoms with Gasteiger partial charge in [0, 0.05) is 20.2 Å². The van der Waals surface area contributed by atoms with Gasteiger partial charge in [-0.3, -0.25) is 0 Å². The molecule has 1 saturated carbocycles. The summed E-state index contributed by atoms with van der Waals surface area (Å²) < 4.78 is 67.0. The standard InChI is InChI=1S/C19H22F4OS2/c1-9-7-12(11(3)25-9)14-15(13-8-10(2)26-16(13)24-6)19(22,23)17(4,5)18(14,20)21/h7-8,14-15H,1-6H3. The molecule has 7 heteroatoms. The predicted molar refractivity (Wildman–Crippen MR) is 98.6 cm³/mol. The maximum Gasteiger partial charge on any atom is 0.266 e. The number of alkyl halides is 4. The van der Waals surface area contributed by atoms with Crippen LogP contribution in [0.25, 0.3) is 0 Å². The third-order valence-corrected chi connectivity index (χ3v) is 7.57. The molecule has 0 amide bonds. The molecule has 0 bridgehead atoms. The monoisotopic (exact) mass is 406 g/mol. The van der Waals surface area contributed by atoms with Crippen molar-refractivity contribution in [2.24, 2.45) is 5.41 Å². The van der Waals surface area contributed by atoms with Crippen molar-refractivity contribution in [3.05, 3.63) is 37.9 Å². The number of aryl methyl sites for hydroxylation is 3. The van der Waals surface area contributed by atoms with Crippen LogP contribution in [0.2, 0.25) is 0 Å². The summed E-state index contributed by atoms with van der Waals surface area (Å²) in [7, 11) is 1.39. The Balaban J connectivity index is 2.31. The summed E-state index contributed by atoms with van der Waals surface area (Å²) in [6, 6.07) is 3.20. The molecular weight excluding hydrogens is 384 g/mol. The Morgan fingerprint density at radius 1 is 0.846 bits per heavy atom. The van der Waals surface area contributed by atoms with E-state index < -0.39 is 29.1 Å². The fraction of sp³-hybridized carbons (Fsp3) is 0.579. The van der Waals surface area contributed by atoms with Crippen LogP contribution in [0.4, 0.5) is 17.6 Å². The lowest BCUT2D eigenvalue weighted by atomic mass is 9.82. The molecule has 2 aromatic rings. The van der Waals surface area contributed by atoms with E-state index >= 15 is 17.6 Å². The van der Waals surface area contributed by atoms with Gasteiger partial charge in [-0.2, -0.15) is 0 Å². The molecule has 1 aliphatic carbocycles. The first kappa shape index (κ1) is 19.7. The zero-order valence-electron chi connectivity index (χ0n) is 15.5. The van der Waals surface area contributed by atoms with Gasteiger partial charge in [-0.05, 0) is 52.3 Å². The second kappa shape index (κ2) is 5.96. The summed E-state index contributed by atoms with van der Waals surface area (Å²) in [5.74, 6) is -10.4. The fourth-order valence-corrected chi connectivity index (χ4v) is 5.85. The maximum absolute atomic E-state index is 15.4. The number of halogens is 4. The van der Waals surface area contributed by atoms with Crippen molar-refractivity contribution in [2.75, 3.05) is 7.11 Å². The third-order valence-electron chi connectivity index (χ3n) is 5.56. The SMILES string of the molecule is COc1sc(C)cc1C1C(c2cc(C)sc2C)C(F)(F)C(C)(C)C1(F)F. The Morgan fingerprint density at radius 3 is 1.77 bits per heavy atom. The largest absolute Gasteiger partial charge is 0.487 e. The molecule has 1 nitrogen and oxygen atoms in total. The number of thiophene rings is 2. The van der Waals surface area contributed by atoms with Crippen LogP contribution < -0.4 is 4.74 Å².